The van der Waals surface area contributed by atoms with Gasteiger partial charge in [0.2, 0.25) is 11.8 Å². The van der Waals surface area contributed by atoms with Gasteiger partial charge in [-0.2, -0.15) is 0 Å². The second-order valence-corrected chi connectivity index (χ2v) is 5.83. The molecule has 9 nitrogen and oxygen atoms in total. The van der Waals surface area contributed by atoms with Gasteiger partial charge in [0.25, 0.3) is 0 Å². The number of hydrogen-bond acceptors (Lipinski definition) is 6. The number of carbonyl (C=O) groups is 4. The number of nitrogens with two attached hydrogens (primary N) is 1. The van der Waals surface area contributed by atoms with Gasteiger partial charge in [-0.25, -0.2) is 4.79 Å². The predicted octanol–water partition coefficient (Wildman–Crippen LogP) is -0.761. The van der Waals surface area contributed by atoms with E-state index in [0.29, 0.717) is 19.4 Å². The van der Waals surface area contributed by atoms with E-state index in [9.17, 15) is 24.3 Å². The van der Waals surface area contributed by atoms with Crippen molar-refractivity contribution in [2.75, 3.05) is 19.7 Å². The van der Waals surface area contributed by atoms with Crippen LogP contribution < -0.4 is 11.1 Å². The number of esters is 1. The summed E-state index contributed by atoms with van der Waals surface area (Å²) in [7, 11) is 0. The quantitative estimate of drug-likeness (QED) is 0.492. The van der Waals surface area contributed by atoms with Gasteiger partial charge in [-0.3, -0.25) is 14.4 Å². The Morgan fingerprint density at radius 3 is 2.58 bits per heavy atom. The van der Waals surface area contributed by atoms with E-state index in [-0.39, 0.29) is 31.9 Å². The fourth-order valence-electron chi connectivity index (χ4n) is 2.78. The van der Waals surface area contributed by atoms with Crippen LogP contribution >= 0.6 is 0 Å². The zero-order valence-corrected chi connectivity index (χ0v) is 14.0. The summed E-state index contributed by atoms with van der Waals surface area (Å²) in [6, 6.07) is -1.23. The van der Waals surface area contributed by atoms with Gasteiger partial charge in [0.15, 0.2) is 0 Å². The molecule has 0 aromatic carbocycles. The molecule has 0 aliphatic carbocycles. The zero-order valence-electron chi connectivity index (χ0n) is 14.0. The van der Waals surface area contributed by atoms with Crippen molar-refractivity contribution in [3.05, 3.63) is 0 Å². The lowest BCUT2D eigenvalue weighted by Crippen LogP contribution is -2.59. The van der Waals surface area contributed by atoms with Crippen molar-refractivity contribution in [1.82, 2.24) is 10.2 Å². The van der Waals surface area contributed by atoms with Gasteiger partial charge in [0, 0.05) is 13.0 Å². The summed E-state index contributed by atoms with van der Waals surface area (Å²) >= 11 is 0. The van der Waals surface area contributed by atoms with Crippen molar-refractivity contribution in [2.45, 2.75) is 51.1 Å². The molecule has 24 heavy (non-hydrogen) atoms. The first-order valence-electron chi connectivity index (χ1n) is 7.96. The maximum Gasteiger partial charge on any atom is 0.326 e. The molecule has 4 N–H and O–H groups in total. The molecule has 1 rings (SSSR count). The van der Waals surface area contributed by atoms with Crippen molar-refractivity contribution in [3.63, 3.8) is 0 Å². The normalized spacial score (nSPS) is 21.2. The van der Waals surface area contributed by atoms with Crippen LogP contribution in [0.2, 0.25) is 0 Å². The molecule has 1 aliphatic heterocycles. The summed E-state index contributed by atoms with van der Waals surface area (Å²) in [6.07, 6.45) is 0.860. The van der Waals surface area contributed by atoms with Gasteiger partial charge in [0.1, 0.15) is 11.6 Å². The van der Waals surface area contributed by atoms with Crippen LogP contribution in [0, 0.1) is 0 Å². The molecule has 0 radical (unpaired) electrons. The lowest BCUT2D eigenvalue weighted by Gasteiger charge is -2.34. The molecule has 1 saturated heterocycles. The average Bonchev–Trinajstić information content (AvgIpc) is 2.93. The molecule has 136 valence electrons. The predicted molar refractivity (Wildman–Crippen MR) is 83.8 cm³/mol. The lowest BCUT2D eigenvalue weighted by molar-refractivity contribution is -0.148. The fourth-order valence-corrected chi connectivity index (χ4v) is 2.78. The molecule has 1 aliphatic rings. The molecule has 2 amide bonds. The van der Waals surface area contributed by atoms with Gasteiger partial charge in [-0.1, -0.05) is 0 Å². The van der Waals surface area contributed by atoms with Crippen molar-refractivity contribution in [2.24, 2.45) is 5.73 Å². The van der Waals surface area contributed by atoms with Crippen molar-refractivity contribution in [3.8, 4) is 0 Å². The van der Waals surface area contributed by atoms with Gasteiger partial charge < -0.3 is 25.8 Å². The van der Waals surface area contributed by atoms with Crippen LogP contribution in [0.5, 0.6) is 0 Å². The first kappa shape index (κ1) is 19.9. The summed E-state index contributed by atoms with van der Waals surface area (Å²) in [4.78, 5) is 48.5. The highest BCUT2D eigenvalue weighted by Crippen LogP contribution is 2.29. The van der Waals surface area contributed by atoms with Gasteiger partial charge in [-0.05, 0) is 33.1 Å². The standard InChI is InChI=1S/C15H25N3O6/c1-3-24-12(20)6-5-10(13(21)22)17-14(23)15(2)7-4-8-18(15)11(19)9-16/h10H,3-9,16H2,1-2H3,(H,17,23)(H,21,22)/t10-,15-/m0/s1. The Morgan fingerprint density at radius 2 is 2.04 bits per heavy atom. The summed E-state index contributed by atoms with van der Waals surface area (Å²) in [6.45, 7) is 3.64. The molecule has 0 spiro atoms. The summed E-state index contributed by atoms with van der Waals surface area (Å²) in [5.41, 5.74) is 4.23. The molecule has 9 heteroatoms. The second-order valence-electron chi connectivity index (χ2n) is 5.83. The number of aliphatic carboxylic acids is 1. The highest BCUT2D eigenvalue weighted by Gasteiger charge is 2.46. The molecule has 0 aromatic heterocycles. The number of rotatable bonds is 8. The minimum absolute atomic E-state index is 0.0825. The number of hydrogen-bond donors (Lipinski definition) is 3. The summed E-state index contributed by atoms with van der Waals surface area (Å²) in [5.74, 6) is -2.68. The maximum atomic E-state index is 12.6. The molecular weight excluding hydrogens is 318 g/mol. The largest absolute Gasteiger partial charge is 0.480 e. The number of carbonyl (C=O) groups excluding carboxylic acids is 3. The fraction of sp³-hybridized carbons (Fsp3) is 0.733. The number of ether oxygens (including phenoxy) is 1. The third-order valence-corrected chi connectivity index (χ3v) is 4.15. The summed E-state index contributed by atoms with van der Waals surface area (Å²) in [5, 5.41) is 11.7. The summed E-state index contributed by atoms with van der Waals surface area (Å²) < 4.78 is 4.75. The van der Waals surface area contributed by atoms with E-state index in [1.54, 1.807) is 13.8 Å². The molecule has 0 saturated carbocycles. The molecule has 0 unspecified atom stereocenters. The van der Waals surface area contributed by atoms with E-state index in [1.807, 2.05) is 0 Å². The Labute approximate surface area is 140 Å². The van der Waals surface area contributed by atoms with E-state index >= 15 is 0 Å². The Kier molecular flexibility index (Phi) is 7.15. The number of carboxylic acid groups (broad SMARTS) is 1. The Balaban J connectivity index is 2.75. The van der Waals surface area contributed by atoms with Crippen LogP contribution in [0.3, 0.4) is 0 Å². The number of amides is 2. The smallest absolute Gasteiger partial charge is 0.326 e. The lowest BCUT2D eigenvalue weighted by atomic mass is 9.96. The number of carboxylic acids is 1. The highest BCUT2D eigenvalue weighted by atomic mass is 16.5. The van der Waals surface area contributed by atoms with E-state index in [0.717, 1.165) is 0 Å². The van der Waals surface area contributed by atoms with Crippen LogP contribution in [0.4, 0.5) is 0 Å². The third kappa shape index (κ3) is 4.67. The number of likely N-dealkylation sites (tertiary alicyclic amines) is 1. The Morgan fingerprint density at radius 1 is 1.38 bits per heavy atom. The van der Waals surface area contributed by atoms with Crippen molar-refractivity contribution >= 4 is 23.8 Å². The monoisotopic (exact) mass is 343 g/mol. The average molecular weight is 343 g/mol. The topological polar surface area (TPSA) is 139 Å². The van der Waals surface area contributed by atoms with Crippen LogP contribution in [-0.2, 0) is 23.9 Å². The van der Waals surface area contributed by atoms with E-state index in [4.69, 9.17) is 10.5 Å². The van der Waals surface area contributed by atoms with Gasteiger partial charge in [-0.15, -0.1) is 0 Å². The van der Waals surface area contributed by atoms with Crippen molar-refractivity contribution < 1.29 is 29.0 Å². The van der Waals surface area contributed by atoms with Crippen LogP contribution in [0.15, 0.2) is 0 Å². The molecule has 1 fully saturated rings. The Hall–Kier alpha value is -2.16. The third-order valence-electron chi connectivity index (χ3n) is 4.15. The number of nitrogens with zero attached hydrogens (tertiary/aromatic N) is 1. The minimum atomic E-state index is -1.24. The highest BCUT2D eigenvalue weighted by molar-refractivity contribution is 5.94. The van der Waals surface area contributed by atoms with E-state index in [2.05, 4.69) is 5.32 Å². The zero-order chi connectivity index (χ0) is 18.3. The second kappa shape index (κ2) is 8.62. The van der Waals surface area contributed by atoms with Crippen LogP contribution in [-0.4, -0.2) is 65.0 Å². The molecule has 0 aromatic rings. The molecule has 0 bridgehead atoms. The van der Waals surface area contributed by atoms with Crippen LogP contribution in [0.1, 0.15) is 39.5 Å². The molecular formula is C15H25N3O6. The van der Waals surface area contributed by atoms with E-state index in [1.165, 1.54) is 4.90 Å². The Bertz CT molecular complexity index is 509. The minimum Gasteiger partial charge on any atom is -0.480 e. The van der Waals surface area contributed by atoms with Crippen LogP contribution in [0.25, 0.3) is 0 Å². The number of nitrogens with one attached hydrogen (secondary N) is 1. The van der Waals surface area contributed by atoms with Gasteiger partial charge >= 0.3 is 11.9 Å². The molecule has 2 atom stereocenters. The SMILES string of the molecule is CCOC(=O)CC[C@H](NC(=O)[C@]1(C)CCCN1C(=O)CN)C(=O)O. The van der Waals surface area contributed by atoms with Gasteiger partial charge in [0.05, 0.1) is 13.2 Å². The maximum absolute atomic E-state index is 12.6. The first-order chi connectivity index (χ1) is 11.3. The van der Waals surface area contributed by atoms with E-state index < -0.39 is 29.4 Å². The first-order valence-corrected chi connectivity index (χ1v) is 7.96. The van der Waals surface area contributed by atoms with Crippen molar-refractivity contribution in [1.29, 1.82) is 0 Å². The molecule has 1 heterocycles.